The summed E-state index contributed by atoms with van der Waals surface area (Å²) in [5.41, 5.74) is 9.11. The van der Waals surface area contributed by atoms with Crippen LogP contribution in [0.15, 0.2) is 41.5 Å². The Morgan fingerprint density at radius 2 is 2.07 bits per heavy atom. The van der Waals surface area contributed by atoms with Gasteiger partial charge in [-0.2, -0.15) is 5.10 Å². The van der Waals surface area contributed by atoms with Gasteiger partial charge in [0.05, 0.1) is 24.5 Å². The largest absolute Gasteiger partial charge is 0.450 e. The van der Waals surface area contributed by atoms with Crippen LogP contribution in [0.1, 0.15) is 31.0 Å². The number of amides is 1. The van der Waals surface area contributed by atoms with Gasteiger partial charge in [-0.1, -0.05) is 18.2 Å². The molecule has 0 spiro atoms. The van der Waals surface area contributed by atoms with Crippen LogP contribution < -0.4 is 11.1 Å². The number of aromatic nitrogens is 2. The Morgan fingerprint density at radius 1 is 1.32 bits per heavy atom. The maximum atomic E-state index is 11.8. The number of ether oxygens (including phenoxy) is 1. The molecule has 2 heterocycles. The number of aryl methyl sites for hydroxylation is 1. The van der Waals surface area contributed by atoms with Gasteiger partial charge >= 0.3 is 6.09 Å². The quantitative estimate of drug-likeness (QED) is 0.608. The van der Waals surface area contributed by atoms with Gasteiger partial charge in [0.25, 0.3) is 0 Å². The molecule has 28 heavy (non-hydrogen) atoms. The van der Waals surface area contributed by atoms with E-state index in [4.69, 9.17) is 10.5 Å². The van der Waals surface area contributed by atoms with Gasteiger partial charge < -0.3 is 20.7 Å². The van der Waals surface area contributed by atoms with Crippen LogP contribution in [0.2, 0.25) is 0 Å². The lowest BCUT2D eigenvalue weighted by Crippen LogP contribution is -2.48. The highest BCUT2D eigenvalue weighted by Crippen LogP contribution is 2.15. The summed E-state index contributed by atoms with van der Waals surface area (Å²) in [6.45, 7) is 5.96. The molecule has 3 N–H and O–H groups in total. The van der Waals surface area contributed by atoms with E-state index in [1.165, 1.54) is 0 Å². The number of carbonyl (C=O) groups excluding carboxylic acids is 1. The number of hydrogen-bond donors (Lipinski definition) is 2. The van der Waals surface area contributed by atoms with Crippen LogP contribution >= 0.6 is 0 Å². The van der Waals surface area contributed by atoms with Crippen LogP contribution in [0.25, 0.3) is 5.69 Å². The van der Waals surface area contributed by atoms with E-state index in [1.54, 1.807) is 4.90 Å². The number of likely N-dealkylation sites (tertiary alicyclic amines) is 1. The minimum atomic E-state index is -0.243. The van der Waals surface area contributed by atoms with E-state index in [2.05, 4.69) is 15.4 Å². The van der Waals surface area contributed by atoms with Crippen LogP contribution in [0.4, 0.5) is 4.79 Å². The van der Waals surface area contributed by atoms with Crippen molar-refractivity contribution in [1.82, 2.24) is 20.0 Å². The monoisotopic (exact) mass is 384 g/mol. The highest BCUT2D eigenvalue weighted by Gasteiger charge is 2.23. The molecule has 1 amide bonds. The van der Waals surface area contributed by atoms with E-state index in [-0.39, 0.29) is 12.1 Å². The number of para-hydroxylation sites is 1. The number of hydrogen-bond acceptors (Lipinski definition) is 4. The van der Waals surface area contributed by atoms with E-state index in [9.17, 15) is 4.79 Å². The molecular weight excluding hydrogens is 356 g/mol. The Kier molecular flexibility index (Phi) is 6.52. The second kappa shape index (κ2) is 9.25. The Morgan fingerprint density at radius 3 is 2.75 bits per heavy atom. The Bertz CT molecular complexity index is 824. The maximum absolute atomic E-state index is 11.8. The average molecular weight is 384 g/mol. The van der Waals surface area contributed by atoms with Crippen molar-refractivity contribution in [2.45, 2.75) is 39.3 Å². The summed E-state index contributed by atoms with van der Waals surface area (Å²) in [6.07, 6.45) is 3.33. The number of nitrogens with one attached hydrogen (secondary N) is 1. The van der Waals surface area contributed by atoms with Gasteiger partial charge in [-0.3, -0.25) is 0 Å². The minimum absolute atomic E-state index is 0.207. The molecule has 0 aliphatic carbocycles. The van der Waals surface area contributed by atoms with Crippen molar-refractivity contribution in [3.63, 3.8) is 0 Å². The van der Waals surface area contributed by atoms with Crippen molar-refractivity contribution in [2.24, 2.45) is 10.7 Å². The summed E-state index contributed by atoms with van der Waals surface area (Å²) in [7, 11) is 0. The smallest absolute Gasteiger partial charge is 0.409 e. The molecule has 0 saturated carbocycles. The summed E-state index contributed by atoms with van der Waals surface area (Å²) in [6, 6.07) is 10.2. The number of rotatable bonds is 5. The molecule has 0 atom stereocenters. The van der Waals surface area contributed by atoms with Crippen molar-refractivity contribution >= 4 is 12.1 Å². The second-order valence-corrected chi connectivity index (χ2v) is 6.84. The van der Waals surface area contributed by atoms with Crippen LogP contribution in [0.5, 0.6) is 0 Å². The molecule has 1 aliphatic heterocycles. The van der Waals surface area contributed by atoms with E-state index < -0.39 is 0 Å². The number of piperidine rings is 1. The van der Waals surface area contributed by atoms with Gasteiger partial charge in [-0.25, -0.2) is 14.5 Å². The van der Waals surface area contributed by atoms with Gasteiger partial charge in [-0.05, 0) is 44.4 Å². The molecule has 0 radical (unpaired) electrons. The van der Waals surface area contributed by atoms with Gasteiger partial charge in [0, 0.05) is 25.3 Å². The molecule has 2 aromatic rings. The van der Waals surface area contributed by atoms with Gasteiger partial charge in [-0.15, -0.1) is 0 Å². The number of guanidine groups is 1. The second-order valence-electron chi connectivity index (χ2n) is 6.84. The Hall–Kier alpha value is -3.03. The Balaban J connectivity index is 1.55. The predicted octanol–water partition coefficient (Wildman–Crippen LogP) is 2.21. The third-order valence-electron chi connectivity index (χ3n) is 4.75. The lowest BCUT2D eigenvalue weighted by molar-refractivity contribution is 0.0963. The normalized spacial score (nSPS) is 15.5. The first-order valence-electron chi connectivity index (χ1n) is 9.65. The molecule has 1 saturated heterocycles. The highest BCUT2D eigenvalue weighted by molar-refractivity contribution is 5.78. The minimum Gasteiger partial charge on any atom is -0.450 e. The molecule has 1 aromatic carbocycles. The van der Waals surface area contributed by atoms with Crippen molar-refractivity contribution in [2.75, 3.05) is 19.7 Å². The molecular formula is C20H28N6O2. The molecule has 1 aromatic heterocycles. The highest BCUT2D eigenvalue weighted by atomic mass is 16.6. The topological polar surface area (TPSA) is 97.8 Å². The van der Waals surface area contributed by atoms with Gasteiger partial charge in [0.2, 0.25) is 0 Å². The van der Waals surface area contributed by atoms with Crippen molar-refractivity contribution in [1.29, 1.82) is 0 Å². The average Bonchev–Trinajstić information content (AvgIpc) is 3.13. The summed E-state index contributed by atoms with van der Waals surface area (Å²) in [4.78, 5) is 18.0. The van der Waals surface area contributed by atoms with Crippen LogP contribution in [0.3, 0.4) is 0 Å². The van der Waals surface area contributed by atoms with Crippen molar-refractivity contribution in [3.8, 4) is 5.69 Å². The SMILES string of the molecule is CCOC(=O)N1CCC(NC(N)=NCc2ccccc2-n2ccc(C)n2)CC1. The van der Waals surface area contributed by atoms with Crippen LogP contribution in [-0.2, 0) is 11.3 Å². The zero-order valence-electron chi connectivity index (χ0n) is 16.5. The summed E-state index contributed by atoms with van der Waals surface area (Å²) >= 11 is 0. The van der Waals surface area contributed by atoms with Gasteiger partial charge in [0.1, 0.15) is 0 Å². The summed E-state index contributed by atoms with van der Waals surface area (Å²) < 4.78 is 6.90. The van der Waals surface area contributed by atoms with Gasteiger partial charge in [0.15, 0.2) is 5.96 Å². The molecule has 150 valence electrons. The first-order valence-corrected chi connectivity index (χ1v) is 9.65. The number of benzene rings is 1. The molecule has 8 nitrogen and oxygen atoms in total. The van der Waals surface area contributed by atoms with Crippen LogP contribution in [0, 0.1) is 6.92 Å². The fourth-order valence-corrected chi connectivity index (χ4v) is 3.26. The molecule has 1 aliphatic rings. The lowest BCUT2D eigenvalue weighted by Gasteiger charge is -2.31. The van der Waals surface area contributed by atoms with Crippen molar-refractivity contribution in [3.05, 3.63) is 47.8 Å². The van der Waals surface area contributed by atoms with E-state index in [1.807, 2.05) is 55.1 Å². The predicted molar refractivity (Wildman–Crippen MR) is 108 cm³/mol. The van der Waals surface area contributed by atoms with E-state index in [0.717, 1.165) is 29.8 Å². The molecule has 1 fully saturated rings. The maximum Gasteiger partial charge on any atom is 0.409 e. The van der Waals surface area contributed by atoms with E-state index >= 15 is 0 Å². The van der Waals surface area contributed by atoms with E-state index in [0.29, 0.717) is 32.2 Å². The number of nitrogens with zero attached hydrogens (tertiary/aromatic N) is 4. The van der Waals surface area contributed by atoms with Crippen molar-refractivity contribution < 1.29 is 9.53 Å². The first-order chi connectivity index (χ1) is 13.6. The third kappa shape index (κ3) is 5.03. The number of nitrogens with two attached hydrogens (primary N) is 1. The fourth-order valence-electron chi connectivity index (χ4n) is 3.26. The Labute approximate surface area is 165 Å². The first kappa shape index (κ1) is 19.7. The molecule has 3 rings (SSSR count). The zero-order valence-corrected chi connectivity index (χ0v) is 16.5. The summed E-state index contributed by atoms with van der Waals surface area (Å²) in [5.74, 6) is 0.418. The lowest BCUT2D eigenvalue weighted by atomic mass is 10.1. The number of aliphatic imine (C=N–C) groups is 1. The molecule has 0 bridgehead atoms. The molecule has 0 unspecified atom stereocenters. The third-order valence-corrected chi connectivity index (χ3v) is 4.75. The standard InChI is InChI=1S/C20H28N6O2/c1-3-28-20(27)25-11-9-17(10-12-25)23-19(21)22-14-16-6-4-5-7-18(16)26-13-8-15(2)24-26/h4-8,13,17H,3,9-12,14H2,1-2H3,(H3,21,22,23). The zero-order chi connectivity index (χ0) is 19.9. The van der Waals surface area contributed by atoms with Crippen LogP contribution in [-0.4, -0.2) is 52.5 Å². The fraction of sp³-hybridized carbons (Fsp3) is 0.450. The summed E-state index contributed by atoms with van der Waals surface area (Å²) in [5, 5.41) is 7.75. The number of carbonyl (C=O) groups is 1. The molecule has 8 heteroatoms.